The van der Waals surface area contributed by atoms with Crippen LogP contribution >= 0.6 is 15.9 Å². The van der Waals surface area contributed by atoms with E-state index in [1.165, 1.54) is 16.7 Å². The fourth-order valence-corrected chi connectivity index (χ4v) is 2.64. The van der Waals surface area contributed by atoms with Gasteiger partial charge in [-0.15, -0.1) is 0 Å². The van der Waals surface area contributed by atoms with E-state index in [1.54, 1.807) is 0 Å². The maximum absolute atomic E-state index is 5.95. The number of rotatable bonds is 4. The Bertz CT molecular complexity index is 529. The highest BCUT2D eigenvalue weighted by Gasteiger charge is 2.14. The molecule has 0 saturated heterocycles. The number of nitrogens with two attached hydrogens (primary N) is 1. The number of hydrogen-bond acceptors (Lipinski definition) is 2. The molecule has 0 aliphatic rings. The third-order valence-electron chi connectivity index (χ3n) is 3.31. The Balaban J connectivity index is 2.27. The van der Waals surface area contributed by atoms with Gasteiger partial charge in [0.1, 0.15) is 0 Å². The van der Waals surface area contributed by atoms with Gasteiger partial charge in [-0.3, -0.25) is 0 Å². The third kappa shape index (κ3) is 3.37. The van der Waals surface area contributed by atoms with Gasteiger partial charge in [-0.1, -0.05) is 34.1 Å². The summed E-state index contributed by atoms with van der Waals surface area (Å²) in [4.78, 5) is 0. The molecule has 1 atom stereocenters. The molecule has 2 aromatic rings. The second-order valence-electron chi connectivity index (χ2n) is 4.75. The minimum Gasteiger partial charge on any atom is -0.377 e. The lowest BCUT2D eigenvalue weighted by atomic mass is 9.96. The van der Waals surface area contributed by atoms with Crippen LogP contribution in [0.3, 0.4) is 0 Å². The zero-order valence-corrected chi connectivity index (χ0v) is 12.9. The van der Waals surface area contributed by atoms with Crippen molar-refractivity contribution in [2.75, 3.05) is 11.9 Å². The van der Waals surface area contributed by atoms with Gasteiger partial charge in [0.2, 0.25) is 0 Å². The van der Waals surface area contributed by atoms with Gasteiger partial charge >= 0.3 is 0 Å². The Hall–Kier alpha value is -1.32. The molecule has 0 fully saturated rings. The van der Waals surface area contributed by atoms with E-state index in [2.05, 4.69) is 65.4 Å². The first kappa shape index (κ1) is 14.1. The number of aryl methyl sites for hydroxylation is 2. The molecule has 0 bridgehead atoms. The minimum absolute atomic E-state index is 0.141. The molecule has 0 aromatic heterocycles. The molecular weight excluding hydrogens is 300 g/mol. The number of hydrogen-bond donors (Lipinski definition) is 2. The minimum atomic E-state index is 0.141. The molecule has 0 amide bonds. The molecule has 0 heterocycles. The van der Waals surface area contributed by atoms with Crippen LogP contribution in [-0.4, -0.2) is 6.54 Å². The van der Waals surface area contributed by atoms with Gasteiger partial charge in [-0.2, -0.15) is 0 Å². The predicted molar refractivity (Wildman–Crippen MR) is 85.5 cm³/mol. The van der Waals surface area contributed by atoms with Gasteiger partial charge in [0.15, 0.2) is 0 Å². The van der Waals surface area contributed by atoms with Crippen LogP contribution in [0.5, 0.6) is 0 Å². The molecule has 1 unspecified atom stereocenters. The van der Waals surface area contributed by atoms with Crippen LogP contribution < -0.4 is 11.1 Å². The molecular formula is C16H19BrN2. The Morgan fingerprint density at radius 1 is 1.05 bits per heavy atom. The Kier molecular flexibility index (Phi) is 4.61. The van der Waals surface area contributed by atoms with Gasteiger partial charge in [-0.05, 0) is 54.8 Å². The average molecular weight is 319 g/mol. The van der Waals surface area contributed by atoms with Crippen molar-refractivity contribution < 1.29 is 0 Å². The van der Waals surface area contributed by atoms with E-state index in [-0.39, 0.29) is 6.04 Å². The standard InChI is InChI=1S/C16H19BrN2/c1-11-4-3-5-12(2)16(11)15(10-18)19-14-8-6-13(17)7-9-14/h3-9,15,19H,10,18H2,1-2H3. The van der Waals surface area contributed by atoms with Crippen LogP contribution in [0.2, 0.25) is 0 Å². The maximum atomic E-state index is 5.95. The van der Waals surface area contributed by atoms with E-state index >= 15 is 0 Å². The smallest absolute Gasteiger partial charge is 0.0641 e. The van der Waals surface area contributed by atoms with Crippen LogP contribution in [0.4, 0.5) is 5.69 Å². The van der Waals surface area contributed by atoms with Crippen molar-refractivity contribution in [2.45, 2.75) is 19.9 Å². The summed E-state index contributed by atoms with van der Waals surface area (Å²) in [5.74, 6) is 0. The van der Waals surface area contributed by atoms with Crippen LogP contribution in [0.25, 0.3) is 0 Å². The Morgan fingerprint density at radius 2 is 1.63 bits per heavy atom. The van der Waals surface area contributed by atoms with Crippen molar-refractivity contribution in [3.8, 4) is 0 Å². The lowest BCUT2D eigenvalue weighted by Gasteiger charge is -2.22. The summed E-state index contributed by atoms with van der Waals surface area (Å²) in [5.41, 5.74) is 10.9. The molecule has 0 radical (unpaired) electrons. The van der Waals surface area contributed by atoms with E-state index in [1.807, 2.05) is 12.1 Å². The lowest BCUT2D eigenvalue weighted by Crippen LogP contribution is -2.22. The summed E-state index contributed by atoms with van der Waals surface area (Å²) in [6.45, 7) is 4.84. The first-order valence-electron chi connectivity index (χ1n) is 6.40. The topological polar surface area (TPSA) is 38.0 Å². The molecule has 0 aliphatic carbocycles. The van der Waals surface area contributed by atoms with Crippen LogP contribution in [-0.2, 0) is 0 Å². The molecule has 3 N–H and O–H groups in total. The van der Waals surface area contributed by atoms with E-state index in [4.69, 9.17) is 5.73 Å². The van der Waals surface area contributed by atoms with Crippen LogP contribution in [0.15, 0.2) is 46.9 Å². The van der Waals surface area contributed by atoms with Crippen molar-refractivity contribution >= 4 is 21.6 Å². The van der Waals surface area contributed by atoms with Gasteiger partial charge < -0.3 is 11.1 Å². The van der Waals surface area contributed by atoms with E-state index in [0.29, 0.717) is 6.54 Å². The van der Waals surface area contributed by atoms with Crippen LogP contribution in [0, 0.1) is 13.8 Å². The molecule has 2 nitrogen and oxygen atoms in total. The SMILES string of the molecule is Cc1cccc(C)c1C(CN)Nc1ccc(Br)cc1. The molecule has 0 aliphatic heterocycles. The summed E-state index contributed by atoms with van der Waals surface area (Å²) in [6.07, 6.45) is 0. The predicted octanol–water partition coefficient (Wildman–Crippen LogP) is 4.18. The molecule has 0 saturated carbocycles. The Labute approximate surface area is 123 Å². The molecule has 0 spiro atoms. The molecule has 2 rings (SSSR count). The molecule has 2 aromatic carbocycles. The fourth-order valence-electron chi connectivity index (χ4n) is 2.37. The summed E-state index contributed by atoms with van der Waals surface area (Å²) in [7, 11) is 0. The van der Waals surface area contributed by atoms with Crippen molar-refractivity contribution in [1.82, 2.24) is 0 Å². The molecule has 100 valence electrons. The zero-order chi connectivity index (χ0) is 13.8. The molecule has 19 heavy (non-hydrogen) atoms. The van der Waals surface area contributed by atoms with Crippen molar-refractivity contribution in [3.05, 3.63) is 63.6 Å². The second kappa shape index (κ2) is 6.22. The number of nitrogens with one attached hydrogen (secondary N) is 1. The van der Waals surface area contributed by atoms with Crippen molar-refractivity contribution in [2.24, 2.45) is 5.73 Å². The average Bonchev–Trinajstić information content (AvgIpc) is 2.39. The number of benzene rings is 2. The highest BCUT2D eigenvalue weighted by molar-refractivity contribution is 9.10. The summed E-state index contributed by atoms with van der Waals surface area (Å²) >= 11 is 3.44. The van der Waals surface area contributed by atoms with Gasteiger partial charge in [0.25, 0.3) is 0 Å². The van der Waals surface area contributed by atoms with Gasteiger partial charge in [0, 0.05) is 16.7 Å². The lowest BCUT2D eigenvalue weighted by molar-refractivity contribution is 0.777. The highest BCUT2D eigenvalue weighted by Crippen LogP contribution is 2.25. The third-order valence-corrected chi connectivity index (χ3v) is 3.84. The highest BCUT2D eigenvalue weighted by atomic mass is 79.9. The number of anilines is 1. The van der Waals surface area contributed by atoms with E-state index in [9.17, 15) is 0 Å². The van der Waals surface area contributed by atoms with Crippen molar-refractivity contribution in [3.63, 3.8) is 0 Å². The first-order chi connectivity index (χ1) is 9.11. The molecule has 3 heteroatoms. The second-order valence-corrected chi connectivity index (χ2v) is 5.66. The number of halogens is 1. The maximum Gasteiger partial charge on any atom is 0.0641 e. The fraction of sp³-hybridized carbons (Fsp3) is 0.250. The van der Waals surface area contributed by atoms with Gasteiger partial charge in [0.05, 0.1) is 6.04 Å². The van der Waals surface area contributed by atoms with Crippen LogP contribution in [0.1, 0.15) is 22.7 Å². The van der Waals surface area contributed by atoms with Gasteiger partial charge in [-0.25, -0.2) is 0 Å². The largest absolute Gasteiger partial charge is 0.377 e. The Morgan fingerprint density at radius 3 is 2.16 bits per heavy atom. The summed E-state index contributed by atoms with van der Waals surface area (Å²) in [6, 6.07) is 14.7. The summed E-state index contributed by atoms with van der Waals surface area (Å²) < 4.78 is 1.08. The first-order valence-corrected chi connectivity index (χ1v) is 7.19. The normalized spacial score (nSPS) is 12.2. The van der Waals surface area contributed by atoms with E-state index < -0.39 is 0 Å². The van der Waals surface area contributed by atoms with Crippen molar-refractivity contribution in [1.29, 1.82) is 0 Å². The quantitative estimate of drug-likeness (QED) is 0.887. The zero-order valence-electron chi connectivity index (χ0n) is 11.3. The summed E-state index contributed by atoms with van der Waals surface area (Å²) in [5, 5.41) is 3.51. The monoisotopic (exact) mass is 318 g/mol. The van der Waals surface area contributed by atoms with E-state index in [0.717, 1.165) is 10.2 Å².